The molecule has 0 N–H and O–H groups in total. The summed E-state index contributed by atoms with van der Waals surface area (Å²) in [6, 6.07) is 13.0. The number of rotatable bonds is 3. The number of hydrogen-bond acceptors (Lipinski definition) is 4. The number of benzene rings is 2. The van der Waals surface area contributed by atoms with Gasteiger partial charge in [0.1, 0.15) is 5.75 Å². The summed E-state index contributed by atoms with van der Waals surface area (Å²) in [5.74, 6) is -1.16. The molecule has 1 aliphatic rings. The van der Waals surface area contributed by atoms with Crippen LogP contribution in [0.1, 0.15) is 17.9 Å². The molecule has 136 valence electrons. The fraction of sp³-hybridized carbons (Fsp3) is 0.222. The first-order chi connectivity index (χ1) is 12.2. The average Bonchev–Trinajstić information content (AvgIpc) is 2.83. The first-order valence-corrected chi connectivity index (χ1v) is 9.93. The maximum Gasteiger partial charge on any atom is 0.243 e. The SMILES string of the molecule is CC(=O)N(C)c1ccc(N2C(=O)CS(=O)(=O)C2c2ccc(Cl)cc2)cc1. The summed E-state index contributed by atoms with van der Waals surface area (Å²) in [5.41, 5.74) is 1.58. The zero-order valence-electron chi connectivity index (χ0n) is 14.2. The van der Waals surface area contributed by atoms with Gasteiger partial charge in [-0.05, 0) is 42.0 Å². The smallest absolute Gasteiger partial charge is 0.243 e. The summed E-state index contributed by atoms with van der Waals surface area (Å²) in [4.78, 5) is 26.6. The van der Waals surface area contributed by atoms with E-state index in [-0.39, 0.29) is 5.91 Å². The second-order valence-electron chi connectivity index (χ2n) is 6.07. The van der Waals surface area contributed by atoms with Crippen molar-refractivity contribution >= 4 is 44.6 Å². The first kappa shape index (κ1) is 18.4. The number of carbonyl (C=O) groups excluding carboxylic acids is 2. The van der Waals surface area contributed by atoms with Crippen LogP contribution in [-0.4, -0.2) is 33.0 Å². The highest BCUT2D eigenvalue weighted by Gasteiger charge is 2.45. The molecule has 0 aliphatic carbocycles. The van der Waals surface area contributed by atoms with Gasteiger partial charge in [0.25, 0.3) is 0 Å². The number of nitrogens with zero attached hydrogens (tertiary/aromatic N) is 2. The highest BCUT2D eigenvalue weighted by atomic mass is 35.5. The predicted octanol–water partition coefficient (Wildman–Crippen LogP) is 2.78. The van der Waals surface area contributed by atoms with Crippen molar-refractivity contribution in [3.8, 4) is 0 Å². The van der Waals surface area contributed by atoms with E-state index in [1.54, 1.807) is 55.6 Å². The molecule has 1 aliphatic heterocycles. The quantitative estimate of drug-likeness (QED) is 0.804. The van der Waals surface area contributed by atoms with E-state index in [0.717, 1.165) is 0 Å². The molecule has 1 unspecified atom stereocenters. The molecule has 0 radical (unpaired) electrons. The van der Waals surface area contributed by atoms with E-state index >= 15 is 0 Å². The van der Waals surface area contributed by atoms with Gasteiger partial charge < -0.3 is 4.90 Å². The van der Waals surface area contributed by atoms with Crippen molar-refractivity contribution in [3.63, 3.8) is 0 Å². The van der Waals surface area contributed by atoms with Crippen LogP contribution < -0.4 is 9.80 Å². The summed E-state index contributed by atoms with van der Waals surface area (Å²) in [7, 11) is -2.03. The Morgan fingerprint density at radius 2 is 1.69 bits per heavy atom. The van der Waals surface area contributed by atoms with Crippen molar-refractivity contribution in [2.24, 2.45) is 0 Å². The molecule has 0 aromatic heterocycles. The zero-order valence-corrected chi connectivity index (χ0v) is 15.8. The second-order valence-corrected chi connectivity index (χ2v) is 8.57. The third-order valence-corrected chi connectivity index (χ3v) is 6.38. The summed E-state index contributed by atoms with van der Waals surface area (Å²) in [6.45, 7) is 1.45. The van der Waals surface area contributed by atoms with Crippen LogP contribution in [-0.2, 0) is 19.4 Å². The van der Waals surface area contributed by atoms with Gasteiger partial charge in [0, 0.05) is 30.4 Å². The zero-order chi connectivity index (χ0) is 19.1. The molecular formula is C18H17ClN2O4S. The highest BCUT2D eigenvalue weighted by Crippen LogP contribution is 2.38. The number of carbonyl (C=O) groups is 2. The Labute approximate surface area is 156 Å². The van der Waals surface area contributed by atoms with Crippen LogP contribution in [0.2, 0.25) is 5.02 Å². The number of amides is 2. The normalized spacial score (nSPS) is 18.8. The number of sulfone groups is 1. The fourth-order valence-corrected chi connectivity index (χ4v) is 4.79. The minimum absolute atomic E-state index is 0.128. The van der Waals surface area contributed by atoms with Crippen LogP contribution in [0.5, 0.6) is 0 Å². The maximum atomic E-state index is 12.6. The van der Waals surface area contributed by atoms with Gasteiger partial charge in [-0.2, -0.15) is 0 Å². The molecule has 26 heavy (non-hydrogen) atoms. The van der Waals surface area contributed by atoms with E-state index in [1.807, 2.05) is 0 Å². The van der Waals surface area contributed by atoms with Crippen LogP contribution in [0.3, 0.4) is 0 Å². The van der Waals surface area contributed by atoms with Crippen molar-refractivity contribution in [3.05, 3.63) is 59.1 Å². The minimum Gasteiger partial charge on any atom is -0.316 e. The molecule has 1 heterocycles. The molecular weight excluding hydrogens is 376 g/mol. The lowest BCUT2D eigenvalue weighted by atomic mass is 10.2. The second kappa shape index (κ2) is 6.74. The molecule has 2 amide bonds. The number of halogens is 1. The van der Waals surface area contributed by atoms with E-state index in [2.05, 4.69) is 0 Å². The summed E-state index contributed by atoms with van der Waals surface area (Å²) < 4.78 is 25.1. The van der Waals surface area contributed by atoms with Crippen molar-refractivity contribution in [1.82, 2.24) is 0 Å². The number of hydrogen-bond donors (Lipinski definition) is 0. The molecule has 0 spiro atoms. The third-order valence-electron chi connectivity index (χ3n) is 4.31. The van der Waals surface area contributed by atoms with Crippen molar-refractivity contribution < 1.29 is 18.0 Å². The Morgan fingerprint density at radius 3 is 2.23 bits per heavy atom. The molecule has 0 saturated carbocycles. The maximum absolute atomic E-state index is 12.6. The van der Waals surface area contributed by atoms with Gasteiger partial charge in [-0.1, -0.05) is 23.7 Å². The summed E-state index contributed by atoms with van der Waals surface area (Å²) >= 11 is 5.88. The molecule has 0 bridgehead atoms. The molecule has 6 nitrogen and oxygen atoms in total. The van der Waals surface area contributed by atoms with Crippen molar-refractivity contribution in [2.75, 3.05) is 22.6 Å². The Kier molecular flexibility index (Phi) is 4.77. The molecule has 3 rings (SSSR count). The monoisotopic (exact) mass is 392 g/mol. The molecule has 1 atom stereocenters. The van der Waals surface area contributed by atoms with Crippen LogP contribution in [0.4, 0.5) is 11.4 Å². The largest absolute Gasteiger partial charge is 0.316 e. The molecule has 2 aromatic carbocycles. The van der Waals surface area contributed by atoms with Crippen molar-refractivity contribution in [2.45, 2.75) is 12.3 Å². The number of anilines is 2. The summed E-state index contributed by atoms with van der Waals surface area (Å²) in [5, 5.41) is -0.609. The Balaban J connectivity index is 2.02. The van der Waals surface area contributed by atoms with E-state index in [1.165, 1.54) is 16.7 Å². The van der Waals surface area contributed by atoms with Crippen LogP contribution in [0.15, 0.2) is 48.5 Å². The minimum atomic E-state index is -3.67. The molecule has 2 aromatic rings. The standard InChI is InChI=1S/C18H17ClN2O4S/c1-12(22)20(2)15-7-9-16(10-8-15)21-17(23)11-26(24,25)18(21)13-3-5-14(19)6-4-13/h3-10,18H,11H2,1-2H3. The van der Waals surface area contributed by atoms with Gasteiger partial charge in [-0.15, -0.1) is 0 Å². The van der Waals surface area contributed by atoms with Gasteiger partial charge in [-0.3, -0.25) is 14.5 Å². The van der Waals surface area contributed by atoms with E-state index in [0.29, 0.717) is 22.0 Å². The first-order valence-electron chi connectivity index (χ1n) is 7.84. The van der Waals surface area contributed by atoms with Crippen LogP contribution in [0, 0.1) is 0 Å². The fourth-order valence-electron chi connectivity index (χ4n) is 2.89. The molecule has 1 saturated heterocycles. The van der Waals surface area contributed by atoms with Gasteiger partial charge in [0.05, 0.1) is 0 Å². The van der Waals surface area contributed by atoms with Crippen LogP contribution >= 0.6 is 11.6 Å². The van der Waals surface area contributed by atoms with Crippen LogP contribution in [0.25, 0.3) is 0 Å². The predicted molar refractivity (Wildman–Crippen MR) is 101 cm³/mol. The molecule has 1 fully saturated rings. The summed E-state index contributed by atoms with van der Waals surface area (Å²) in [6.07, 6.45) is 0. The topological polar surface area (TPSA) is 74.8 Å². The molecule has 8 heteroatoms. The third kappa shape index (κ3) is 3.32. The van der Waals surface area contributed by atoms with E-state index < -0.39 is 26.9 Å². The lowest BCUT2D eigenvalue weighted by molar-refractivity contribution is -0.116. The Morgan fingerprint density at radius 1 is 1.12 bits per heavy atom. The Bertz CT molecular complexity index is 956. The van der Waals surface area contributed by atoms with Gasteiger partial charge in [-0.25, -0.2) is 8.42 Å². The van der Waals surface area contributed by atoms with Gasteiger partial charge >= 0.3 is 0 Å². The lowest BCUT2D eigenvalue weighted by Gasteiger charge is -2.24. The van der Waals surface area contributed by atoms with Gasteiger partial charge in [0.2, 0.25) is 11.8 Å². The van der Waals surface area contributed by atoms with Crippen molar-refractivity contribution in [1.29, 1.82) is 0 Å². The Hall–Kier alpha value is -2.38. The van der Waals surface area contributed by atoms with E-state index in [4.69, 9.17) is 11.6 Å². The van der Waals surface area contributed by atoms with Gasteiger partial charge in [0.15, 0.2) is 15.2 Å². The van der Waals surface area contributed by atoms with E-state index in [9.17, 15) is 18.0 Å². The average molecular weight is 393 g/mol. The lowest BCUT2D eigenvalue weighted by Crippen LogP contribution is -2.29. The highest BCUT2D eigenvalue weighted by molar-refractivity contribution is 7.93.